The molecule has 0 fully saturated rings. The van der Waals surface area contributed by atoms with Crippen molar-refractivity contribution in [2.45, 2.75) is 6.54 Å². The molecule has 146 valence electrons. The molecule has 5 aromatic heterocycles. The predicted octanol–water partition coefficient (Wildman–Crippen LogP) is 3.98. The van der Waals surface area contributed by atoms with Crippen molar-refractivity contribution in [3.8, 4) is 22.5 Å². The van der Waals surface area contributed by atoms with E-state index >= 15 is 0 Å². The van der Waals surface area contributed by atoms with Gasteiger partial charge in [0.05, 0.1) is 23.5 Å². The van der Waals surface area contributed by atoms with Crippen LogP contribution in [0.25, 0.3) is 28.0 Å². The van der Waals surface area contributed by atoms with Crippen LogP contribution in [0.5, 0.6) is 0 Å². The molecule has 0 unspecified atom stereocenters. The highest BCUT2D eigenvalue weighted by Crippen LogP contribution is 2.29. The van der Waals surface area contributed by atoms with Gasteiger partial charge in [-0.25, -0.2) is 4.98 Å². The van der Waals surface area contributed by atoms with Crippen LogP contribution in [0.15, 0.2) is 90.4 Å². The molecule has 0 saturated heterocycles. The molecule has 7 nitrogen and oxygen atoms in total. The number of aromatic nitrogens is 4. The van der Waals surface area contributed by atoms with Gasteiger partial charge in [0.25, 0.3) is 5.91 Å². The van der Waals surface area contributed by atoms with E-state index in [2.05, 4.69) is 20.3 Å². The predicted molar refractivity (Wildman–Crippen MR) is 112 cm³/mol. The summed E-state index contributed by atoms with van der Waals surface area (Å²) in [6, 6.07) is 15.3. The van der Waals surface area contributed by atoms with Crippen LogP contribution in [0.1, 0.15) is 16.1 Å². The Morgan fingerprint density at radius 2 is 2.00 bits per heavy atom. The van der Waals surface area contributed by atoms with Crippen LogP contribution in [0.2, 0.25) is 0 Å². The molecule has 7 heteroatoms. The van der Waals surface area contributed by atoms with E-state index in [9.17, 15) is 4.79 Å². The first-order valence-corrected chi connectivity index (χ1v) is 9.42. The van der Waals surface area contributed by atoms with E-state index in [0.717, 1.165) is 22.3 Å². The molecule has 5 heterocycles. The second kappa shape index (κ2) is 7.63. The van der Waals surface area contributed by atoms with Crippen LogP contribution < -0.4 is 5.32 Å². The lowest BCUT2D eigenvalue weighted by Gasteiger charge is -2.07. The number of nitrogens with one attached hydrogen (secondary N) is 1. The fourth-order valence-electron chi connectivity index (χ4n) is 3.41. The van der Waals surface area contributed by atoms with Gasteiger partial charge in [0, 0.05) is 35.9 Å². The summed E-state index contributed by atoms with van der Waals surface area (Å²) in [6.07, 6.45) is 10.1. The van der Waals surface area contributed by atoms with E-state index in [1.165, 1.54) is 12.7 Å². The lowest BCUT2D eigenvalue weighted by atomic mass is 10.1. The molecule has 0 bridgehead atoms. The molecule has 0 aliphatic heterocycles. The van der Waals surface area contributed by atoms with E-state index < -0.39 is 0 Å². The summed E-state index contributed by atoms with van der Waals surface area (Å²) in [4.78, 5) is 25.8. The van der Waals surface area contributed by atoms with Crippen LogP contribution in [0.3, 0.4) is 0 Å². The minimum Gasteiger partial charge on any atom is -0.451 e. The molecule has 0 aliphatic rings. The highest BCUT2D eigenvalue weighted by Gasteiger charge is 2.20. The van der Waals surface area contributed by atoms with Crippen molar-refractivity contribution in [3.63, 3.8) is 0 Å². The Bertz CT molecular complexity index is 1300. The Morgan fingerprint density at radius 1 is 1.03 bits per heavy atom. The Morgan fingerprint density at radius 3 is 2.77 bits per heavy atom. The number of carbonyl (C=O) groups excluding carboxylic acids is 1. The van der Waals surface area contributed by atoms with Crippen molar-refractivity contribution in [3.05, 3.63) is 97.2 Å². The van der Waals surface area contributed by atoms with E-state index in [1.54, 1.807) is 18.6 Å². The molecule has 1 amide bonds. The van der Waals surface area contributed by atoms with Crippen LogP contribution >= 0.6 is 0 Å². The fourth-order valence-corrected chi connectivity index (χ4v) is 3.41. The van der Waals surface area contributed by atoms with Crippen molar-refractivity contribution in [1.29, 1.82) is 0 Å². The summed E-state index contributed by atoms with van der Waals surface area (Å²) < 4.78 is 7.14. The molecule has 1 N–H and O–H groups in total. The summed E-state index contributed by atoms with van der Waals surface area (Å²) in [5.41, 5.74) is 5.41. The van der Waals surface area contributed by atoms with Gasteiger partial charge < -0.3 is 14.1 Å². The second-order valence-electron chi connectivity index (χ2n) is 6.74. The normalized spacial score (nSPS) is 10.9. The summed E-state index contributed by atoms with van der Waals surface area (Å²) in [6.45, 7) is 0.338. The first-order valence-electron chi connectivity index (χ1n) is 9.42. The molecule has 5 aromatic rings. The Hall–Kier alpha value is -4.26. The Balaban J connectivity index is 1.57. The van der Waals surface area contributed by atoms with Gasteiger partial charge in [-0.05, 0) is 35.9 Å². The number of rotatable bonds is 5. The largest absolute Gasteiger partial charge is 0.451 e. The maximum absolute atomic E-state index is 13.0. The van der Waals surface area contributed by atoms with Crippen LogP contribution in [0.4, 0.5) is 0 Å². The third-order valence-corrected chi connectivity index (χ3v) is 4.84. The van der Waals surface area contributed by atoms with E-state index in [0.29, 0.717) is 23.5 Å². The zero-order chi connectivity index (χ0) is 20.3. The van der Waals surface area contributed by atoms with Crippen molar-refractivity contribution in [2.75, 3.05) is 0 Å². The van der Waals surface area contributed by atoms with Gasteiger partial charge in [0.1, 0.15) is 12.0 Å². The first-order chi connectivity index (χ1) is 14.8. The van der Waals surface area contributed by atoms with Gasteiger partial charge >= 0.3 is 0 Å². The highest BCUT2D eigenvalue weighted by atomic mass is 16.3. The fraction of sp³-hybridized carbons (Fsp3) is 0.0435. The number of hydrogen-bond donors (Lipinski definition) is 1. The highest BCUT2D eigenvalue weighted by molar-refractivity contribution is 6.02. The monoisotopic (exact) mass is 395 g/mol. The molecular weight excluding hydrogens is 378 g/mol. The maximum Gasteiger partial charge on any atom is 0.253 e. The Labute approximate surface area is 172 Å². The van der Waals surface area contributed by atoms with Gasteiger partial charge in [-0.15, -0.1) is 0 Å². The Kier molecular flexibility index (Phi) is 4.53. The van der Waals surface area contributed by atoms with Crippen LogP contribution in [0, 0.1) is 0 Å². The molecule has 0 aromatic carbocycles. The quantitative estimate of drug-likeness (QED) is 0.486. The van der Waals surface area contributed by atoms with E-state index in [1.807, 2.05) is 59.1 Å². The molecule has 0 saturated carbocycles. The minimum absolute atomic E-state index is 0.203. The average Bonchev–Trinajstić information content (AvgIpc) is 3.46. The molecule has 5 rings (SSSR count). The van der Waals surface area contributed by atoms with Gasteiger partial charge in [0.2, 0.25) is 0 Å². The number of pyridine rings is 3. The van der Waals surface area contributed by atoms with Crippen molar-refractivity contribution in [2.24, 2.45) is 0 Å². The number of hydrogen-bond acceptors (Lipinski definition) is 5. The summed E-state index contributed by atoms with van der Waals surface area (Å²) in [7, 11) is 0. The van der Waals surface area contributed by atoms with Crippen molar-refractivity contribution >= 4 is 11.4 Å². The maximum atomic E-state index is 13.0. The lowest BCUT2D eigenvalue weighted by Crippen LogP contribution is -2.23. The number of amides is 1. The SMILES string of the molecule is O=C(NCc1ccccn1)c1cc2ccc(-c3cccnc3)cn2c1-c1cocn1. The van der Waals surface area contributed by atoms with Crippen LogP contribution in [-0.2, 0) is 6.54 Å². The van der Waals surface area contributed by atoms with Gasteiger partial charge in [-0.3, -0.25) is 14.8 Å². The average molecular weight is 395 g/mol. The minimum atomic E-state index is -0.203. The van der Waals surface area contributed by atoms with E-state index in [4.69, 9.17) is 4.42 Å². The van der Waals surface area contributed by atoms with Gasteiger partial charge in [0.15, 0.2) is 6.39 Å². The topological polar surface area (TPSA) is 85.3 Å². The number of carbonyl (C=O) groups is 1. The number of fused-ring (bicyclic) bond motifs is 1. The van der Waals surface area contributed by atoms with Crippen molar-refractivity contribution < 1.29 is 9.21 Å². The molecule has 0 atom stereocenters. The molecule has 0 aliphatic carbocycles. The third-order valence-electron chi connectivity index (χ3n) is 4.84. The van der Waals surface area contributed by atoms with Crippen LogP contribution in [-0.4, -0.2) is 25.3 Å². The second-order valence-corrected chi connectivity index (χ2v) is 6.74. The first kappa shape index (κ1) is 17.8. The third kappa shape index (κ3) is 3.33. The molecule has 0 radical (unpaired) electrons. The number of nitrogens with zero attached hydrogens (tertiary/aromatic N) is 4. The lowest BCUT2D eigenvalue weighted by molar-refractivity contribution is 0.0951. The van der Waals surface area contributed by atoms with Gasteiger partial charge in [-0.2, -0.15) is 0 Å². The summed E-state index contributed by atoms with van der Waals surface area (Å²) in [5.74, 6) is -0.203. The number of oxazole rings is 1. The van der Waals surface area contributed by atoms with Crippen molar-refractivity contribution in [1.82, 2.24) is 24.7 Å². The van der Waals surface area contributed by atoms with E-state index in [-0.39, 0.29) is 5.91 Å². The summed E-state index contributed by atoms with van der Waals surface area (Å²) in [5, 5.41) is 2.94. The zero-order valence-corrected chi connectivity index (χ0v) is 15.9. The zero-order valence-electron chi connectivity index (χ0n) is 15.9. The smallest absolute Gasteiger partial charge is 0.253 e. The summed E-state index contributed by atoms with van der Waals surface area (Å²) >= 11 is 0. The molecule has 0 spiro atoms. The molecule has 30 heavy (non-hydrogen) atoms. The van der Waals surface area contributed by atoms with Gasteiger partial charge in [-0.1, -0.05) is 18.2 Å². The molecular formula is C23H17N5O2. The standard InChI is InChI=1S/C23H17N5O2/c29-23(26-12-18-5-1-2-9-25-18)20-10-19-7-6-17(16-4-3-8-24-11-16)13-28(19)22(20)21-14-30-15-27-21/h1-11,13-15H,12H2,(H,26,29).